The fourth-order valence-corrected chi connectivity index (χ4v) is 5.35. The number of fused-ring (bicyclic) bond motifs is 2. The molecule has 2 saturated carbocycles. The Morgan fingerprint density at radius 3 is 2.43 bits per heavy atom. The van der Waals surface area contributed by atoms with Crippen LogP contribution in [0.15, 0.2) is 42.5 Å². The lowest BCUT2D eigenvalue weighted by Gasteiger charge is -2.33. The van der Waals surface area contributed by atoms with Gasteiger partial charge in [-0.2, -0.15) is 5.10 Å². The van der Waals surface area contributed by atoms with Crippen LogP contribution < -0.4 is 9.64 Å². The normalized spacial score (nSPS) is 18.4. The van der Waals surface area contributed by atoms with Crippen LogP contribution in [0.25, 0.3) is 5.69 Å². The van der Waals surface area contributed by atoms with Gasteiger partial charge >= 0.3 is 5.97 Å². The minimum absolute atomic E-state index is 0.0376. The molecule has 8 nitrogen and oxygen atoms in total. The Hall–Kier alpha value is -4.01. The SMILES string of the molecule is CCOC(=O)c1nn(-c2ccc(OC)cc2F)c2c1C1(CC1)CN(c1ccc(C3(C=O)CC3)cc1)C2=O. The molecule has 6 rings (SSSR count). The van der Waals surface area contributed by atoms with Crippen molar-refractivity contribution in [3.63, 3.8) is 0 Å². The van der Waals surface area contributed by atoms with Crippen LogP contribution in [0, 0.1) is 5.82 Å². The van der Waals surface area contributed by atoms with Gasteiger partial charge in [-0.3, -0.25) is 4.79 Å². The number of esters is 1. The van der Waals surface area contributed by atoms with Crippen molar-refractivity contribution >= 4 is 23.9 Å². The Labute approximate surface area is 213 Å². The van der Waals surface area contributed by atoms with Crippen LogP contribution in [0.4, 0.5) is 10.1 Å². The average molecular weight is 504 g/mol. The molecular weight excluding hydrogens is 477 g/mol. The Balaban J connectivity index is 1.48. The number of methoxy groups -OCH3 is 1. The van der Waals surface area contributed by atoms with Gasteiger partial charge in [-0.1, -0.05) is 12.1 Å². The van der Waals surface area contributed by atoms with Crippen molar-refractivity contribution in [2.45, 2.75) is 43.4 Å². The molecule has 2 heterocycles. The predicted octanol–water partition coefficient (Wildman–Crippen LogP) is 4.12. The summed E-state index contributed by atoms with van der Waals surface area (Å²) in [6.45, 7) is 2.23. The maximum absolute atomic E-state index is 15.2. The summed E-state index contributed by atoms with van der Waals surface area (Å²) in [6, 6.07) is 11.7. The molecule has 0 unspecified atom stereocenters. The fraction of sp³-hybridized carbons (Fsp3) is 0.357. The first-order chi connectivity index (χ1) is 17.9. The first-order valence-electron chi connectivity index (χ1n) is 12.4. The second kappa shape index (κ2) is 8.26. The van der Waals surface area contributed by atoms with E-state index in [1.807, 2.05) is 24.3 Å². The monoisotopic (exact) mass is 503 g/mol. The summed E-state index contributed by atoms with van der Waals surface area (Å²) < 4.78 is 26.8. The van der Waals surface area contributed by atoms with Gasteiger partial charge in [-0.25, -0.2) is 13.9 Å². The second-order valence-corrected chi connectivity index (χ2v) is 10.0. The van der Waals surface area contributed by atoms with Gasteiger partial charge in [0, 0.05) is 29.3 Å². The Bertz CT molecular complexity index is 1440. The zero-order valence-electron chi connectivity index (χ0n) is 20.6. The van der Waals surface area contributed by atoms with Gasteiger partial charge in [0.2, 0.25) is 0 Å². The van der Waals surface area contributed by atoms with E-state index in [4.69, 9.17) is 9.47 Å². The van der Waals surface area contributed by atoms with Gasteiger partial charge in [0.15, 0.2) is 11.5 Å². The molecule has 0 radical (unpaired) electrons. The molecule has 1 aliphatic heterocycles. The minimum Gasteiger partial charge on any atom is -0.497 e. The number of hydrogen-bond acceptors (Lipinski definition) is 6. The van der Waals surface area contributed by atoms with Crippen LogP contribution in [-0.2, 0) is 20.4 Å². The van der Waals surface area contributed by atoms with Gasteiger partial charge in [0.25, 0.3) is 5.91 Å². The van der Waals surface area contributed by atoms with Crippen LogP contribution in [0.3, 0.4) is 0 Å². The highest BCUT2D eigenvalue weighted by Gasteiger charge is 2.56. The lowest BCUT2D eigenvalue weighted by molar-refractivity contribution is -0.109. The number of hydrogen-bond donors (Lipinski definition) is 0. The fourth-order valence-electron chi connectivity index (χ4n) is 5.35. The van der Waals surface area contributed by atoms with Crippen molar-refractivity contribution in [3.8, 4) is 11.4 Å². The molecule has 1 spiro atoms. The second-order valence-electron chi connectivity index (χ2n) is 10.0. The number of carbonyl (C=O) groups is 3. The van der Waals surface area contributed by atoms with Crippen LogP contribution in [0.2, 0.25) is 0 Å². The summed E-state index contributed by atoms with van der Waals surface area (Å²) in [5.74, 6) is -1.33. The third-order valence-electron chi connectivity index (χ3n) is 7.80. The molecule has 0 saturated heterocycles. The molecule has 2 aliphatic carbocycles. The molecule has 1 amide bonds. The number of nitrogens with zero attached hydrogens (tertiary/aromatic N) is 3. The van der Waals surface area contributed by atoms with Crippen LogP contribution in [0.5, 0.6) is 5.75 Å². The van der Waals surface area contributed by atoms with Gasteiger partial charge in [-0.15, -0.1) is 0 Å². The maximum atomic E-state index is 15.2. The number of aromatic nitrogens is 2. The maximum Gasteiger partial charge on any atom is 0.359 e. The van der Waals surface area contributed by atoms with Crippen LogP contribution in [0.1, 0.15) is 64.7 Å². The quantitative estimate of drug-likeness (QED) is 0.356. The van der Waals surface area contributed by atoms with Crippen molar-refractivity contribution in [3.05, 3.63) is 70.8 Å². The van der Waals surface area contributed by atoms with E-state index in [1.165, 1.54) is 23.9 Å². The van der Waals surface area contributed by atoms with E-state index in [0.29, 0.717) is 23.5 Å². The van der Waals surface area contributed by atoms with Gasteiger partial charge in [-0.05, 0) is 62.4 Å². The zero-order chi connectivity index (χ0) is 25.9. The molecule has 2 fully saturated rings. The lowest BCUT2D eigenvalue weighted by atomic mass is 9.88. The Morgan fingerprint density at radius 1 is 1.14 bits per heavy atom. The summed E-state index contributed by atoms with van der Waals surface area (Å²) in [5, 5.41) is 4.45. The molecule has 2 aromatic carbocycles. The van der Waals surface area contributed by atoms with E-state index in [2.05, 4.69) is 5.10 Å². The number of benzene rings is 2. The van der Waals surface area contributed by atoms with E-state index < -0.39 is 22.6 Å². The topological polar surface area (TPSA) is 90.7 Å². The van der Waals surface area contributed by atoms with Crippen molar-refractivity contribution in [1.82, 2.24) is 9.78 Å². The molecule has 9 heteroatoms. The number of halogens is 1. The van der Waals surface area contributed by atoms with Crippen molar-refractivity contribution in [2.75, 3.05) is 25.2 Å². The molecular formula is C28H26FN3O5. The first-order valence-corrected chi connectivity index (χ1v) is 12.4. The summed E-state index contributed by atoms with van der Waals surface area (Å²) in [5.41, 5.74) is 1.51. The highest BCUT2D eigenvalue weighted by molar-refractivity contribution is 6.10. The summed E-state index contributed by atoms with van der Waals surface area (Å²) in [4.78, 5) is 40.1. The molecule has 3 aliphatic rings. The average Bonchev–Trinajstić information content (AvgIpc) is 3.83. The van der Waals surface area contributed by atoms with E-state index in [9.17, 15) is 14.4 Å². The molecule has 3 aromatic rings. The highest BCUT2D eigenvalue weighted by Crippen LogP contribution is 2.55. The molecule has 0 bridgehead atoms. The van der Waals surface area contributed by atoms with Crippen molar-refractivity contribution in [2.24, 2.45) is 0 Å². The van der Waals surface area contributed by atoms with Gasteiger partial charge in [0.1, 0.15) is 23.4 Å². The summed E-state index contributed by atoms with van der Waals surface area (Å²) in [7, 11) is 1.44. The van der Waals surface area contributed by atoms with Crippen LogP contribution in [-0.4, -0.2) is 48.2 Å². The van der Waals surface area contributed by atoms with Crippen LogP contribution >= 0.6 is 0 Å². The van der Waals surface area contributed by atoms with Gasteiger partial charge < -0.3 is 19.2 Å². The number of aldehydes is 1. The lowest BCUT2D eigenvalue weighted by Crippen LogP contribution is -2.44. The Morgan fingerprint density at radius 2 is 1.86 bits per heavy atom. The summed E-state index contributed by atoms with van der Waals surface area (Å²) in [6.07, 6.45) is 4.18. The van der Waals surface area contributed by atoms with E-state index in [1.54, 1.807) is 17.9 Å². The largest absolute Gasteiger partial charge is 0.497 e. The first kappa shape index (κ1) is 23.4. The Kier molecular flexibility index (Phi) is 5.22. The number of carbonyl (C=O) groups excluding carboxylic acids is 3. The van der Waals surface area contributed by atoms with Crippen molar-refractivity contribution in [1.29, 1.82) is 0 Å². The number of amides is 1. The zero-order valence-corrected chi connectivity index (χ0v) is 20.6. The molecule has 1 aromatic heterocycles. The molecule has 37 heavy (non-hydrogen) atoms. The smallest absolute Gasteiger partial charge is 0.359 e. The standard InChI is InChI=1S/C28H26FN3O5/c1-3-37-26(35)23-22-24(32(30-23)21-9-8-19(36-2)14-20(21)29)25(34)31(15-27(22)10-11-27)18-6-4-17(5-7-18)28(16-33)12-13-28/h4-9,14,16H,3,10-13,15H2,1-2H3. The van der Waals surface area contributed by atoms with Gasteiger partial charge in [0.05, 0.1) is 19.1 Å². The molecule has 190 valence electrons. The number of rotatable bonds is 7. The number of anilines is 1. The molecule has 0 N–H and O–H groups in total. The third kappa shape index (κ3) is 3.55. The minimum atomic E-state index is -0.636. The highest BCUT2D eigenvalue weighted by atomic mass is 19.1. The van der Waals surface area contributed by atoms with E-state index in [-0.39, 0.29) is 29.6 Å². The van der Waals surface area contributed by atoms with E-state index in [0.717, 1.165) is 37.5 Å². The molecule has 0 atom stereocenters. The summed E-state index contributed by atoms with van der Waals surface area (Å²) >= 11 is 0. The van der Waals surface area contributed by atoms with Crippen molar-refractivity contribution < 1.29 is 28.2 Å². The third-order valence-corrected chi connectivity index (χ3v) is 7.80. The predicted molar refractivity (Wildman–Crippen MR) is 132 cm³/mol. The van der Waals surface area contributed by atoms with E-state index >= 15 is 4.39 Å². The number of ether oxygens (including phenoxy) is 2.